The Morgan fingerprint density at radius 3 is 2.38 bits per heavy atom. The van der Waals surface area contributed by atoms with Crippen molar-refractivity contribution >= 4 is 8.56 Å². The first-order valence-corrected chi connectivity index (χ1v) is 7.45. The fraction of sp³-hybridized carbons (Fsp3) is 1.00. The van der Waals surface area contributed by atoms with E-state index in [0.29, 0.717) is 11.7 Å². The van der Waals surface area contributed by atoms with Gasteiger partial charge in [0.15, 0.2) is 0 Å². The minimum atomic E-state index is -1.81. The minimum absolute atomic E-state index is 0.344. The summed E-state index contributed by atoms with van der Waals surface area (Å²) in [7, 11) is 1.70. The number of ether oxygens (including phenoxy) is 1. The Bertz CT molecular complexity index is 197. The van der Waals surface area contributed by atoms with Gasteiger partial charge in [-0.1, -0.05) is 0 Å². The molecule has 2 aliphatic rings. The number of epoxide rings is 1. The van der Waals surface area contributed by atoms with Crippen LogP contribution in [0.2, 0.25) is 12.6 Å². The molecule has 1 saturated heterocycles. The van der Waals surface area contributed by atoms with E-state index in [1.165, 1.54) is 19.3 Å². The zero-order valence-corrected chi connectivity index (χ0v) is 9.63. The molecule has 1 aliphatic heterocycles. The molecule has 2 rings (SSSR count). The van der Waals surface area contributed by atoms with E-state index in [9.17, 15) is 0 Å². The average Bonchev–Trinajstić information content (AvgIpc) is 2.93. The normalized spacial score (nSPS) is 35.8. The van der Waals surface area contributed by atoms with E-state index in [4.69, 9.17) is 13.6 Å². The minimum Gasteiger partial charge on any atom is -0.398 e. The maximum Gasteiger partial charge on any atom is 0.334 e. The Hall–Kier alpha value is 0.0969. The lowest BCUT2D eigenvalue weighted by Gasteiger charge is -2.22. The molecule has 4 heteroatoms. The van der Waals surface area contributed by atoms with Crippen LogP contribution >= 0.6 is 0 Å². The summed E-state index contributed by atoms with van der Waals surface area (Å²) < 4.78 is 16.2. The van der Waals surface area contributed by atoms with Gasteiger partial charge in [0.1, 0.15) is 0 Å². The Kier molecular flexibility index (Phi) is 2.26. The molecule has 2 fully saturated rings. The van der Waals surface area contributed by atoms with Crippen molar-refractivity contribution in [2.24, 2.45) is 0 Å². The van der Waals surface area contributed by atoms with Gasteiger partial charge in [0.05, 0.1) is 11.7 Å². The maximum atomic E-state index is 5.41. The fourth-order valence-electron chi connectivity index (χ4n) is 1.81. The number of fused-ring (bicyclic) bond motifs is 1. The van der Waals surface area contributed by atoms with Crippen molar-refractivity contribution in [2.45, 2.75) is 43.6 Å². The molecule has 0 aromatic heterocycles. The van der Waals surface area contributed by atoms with Crippen LogP contribution in [0.3, 0.4) is 0 Å². The molecule has 1 aliphatic carbocycles. The van der Waals surface area contributed by atoms with E-state index in [1.54, 1.807) is 14.2 Å². The van der Waals surface area contributed by atoms with E-state index >= 15 is 0 Å². The smallest absolute Gasteiger partial charge is 0.334 e. The summed E-state index contributed by atoms with van der Waals surface area (Å²) >= 11 is 0. The first-order valence-electron chi connectivity index (χ1n) is 4.92. The van der Waals surface area contributed by atoms with Crippen molar-refractivity contribution in [3.8, 4) is 0 Å². The van der Waals surface area contributed by atoms with Crippen LogP contribution in [0.1, 0.15) is 19.3 Å². The molecule has 2 unspecified atom stereocenters. The van der Waals surface area contributed by atoms with Gasteiger partial charge in [0.2, 0.25) is 0 Å². The second kappa shape index (κ2) is 3.05. The van der Waals surface area contributed by atoms with Gasteiger partial charge in [-0.25, -0.2) is 0 Å². The molecule has 0 bridgehead atoms. The molecule has 0 radical (unpaired) electrons. The van der Waals surface area contributed by atoms with Gasteiger partial charge in [0.25, 0.3) is 0 Å². The van der Waals surface area contributed by atoms with Crippen molar-refractivity contribution in [2.75, 3.05) is 14.2 Å². The standard InChI is InChI=1S/C9H18O3Si/c1-10-13(3,11-2)6-4-5-9-7-8(9)12-9/h8H,4-7H2,1-3H3. The van der Waals surface area contributed by atoms with Crippen LogP contribution in [0.5, 0.6) is 0 Å². The highest BCUT2D eigenvalue weighted by atomic mass is 28.4. The van der Waals surface area contributed by atoms with Gasteiger partial charge in [-0.15, -0.1) is 0 Å². The summed E-state index contributed by atoms with van der Waals surface area (Å²) in [6.45, 7) is 2.11. The van der Waals surface area contributed by atoms with Crippen LogP contribution in [0, 0.1) is 0 Å². The predicted octanol–water partition coefficient (Wildman–Crippen LogP) is 1.67. The van der Waals surface area contributed by atoms with Crippen molar-refractivity contribution in [1.82, 2.24) is 0 Å². The Morgan fingerprint density at radius 2 is 2.00 bits per heavy atom. The third-order valence-electron chi connectivity index (χ3n) is 3.37. The number of hydrogen-bond donors (Lipinski definition) is 0. The van der Waals surface area contributed by atoms with Crippen LogP contribution in [-0.4, -0.2) is 34.5 Å². The van der Waals surface area contributed by atoms with Gasteiger partial charge in [-0.3, -0.25) is 0 Å². The first-order chi connectivity index (χ1) is 6.14. The molecule has 0 aromatic rings. The highest BCUT2D eigenvalue weighted by Gasteiger charge is 2.72. The van der Waals surface area contributed by atoms with E-state index in [-0.39, 0.29) is 0 Å². The molecule has 0 aromatic carbocycles. The zero-order valence-electron chi connectivity index (χ0n) is 8.63. The maximum absolute atomic E-state index is 5.41. The van der Waals surface area contributed by atoms with Gasteiger partial charge in [-0.05, 0) is 25.4 Å². The third-order valence-corrected chi connectivity index (χ3v) is 6.36. The molecule has 0 N–H and O–H groups in total. The second-order valence-corrected chi connectivity index (χ2v) is 7.86. The average molecular weight is 202 g/mol. The lowest BCUT2D eigenvalue weighted by atomic mass is 10.2. The monoisotopic (exact) mass is 202 g/mol. The van der Waals surface area contributed by atoms with Crippen molar-refractivity contribution < 1.29 is 13.6 Å². The van der Waals surface area contributed by atoms with Gasteiger partial charge in [0, 0.05) is 20.6 Å². The summed E-state index contributed by atoms with van der Waals surface area (Å²) in [5, 5.41) is 0. The Balaban J connectivity index is 1.65. The molecule has 2 atom stereocenters. The quantitative estimate of drug-likeness (QED) is 0.485. The fourth-order valence-corrected chi connectivity index (χ4v) is 3.21. The summed E-state index contributed by atoms with van der Waals surface area (Å²) in [4.78, 5) is 0. The topological polar surface area (TPSA) is 31.0 Å². The molecule has 1 saturated carbocycles. The van der Waals surface area contributed by atoms with Crippen LogP contribution < -0.4 is 0 Å². The zero-order chi connectivity index (χ0) is 9.53. The van der Waals surface area contributed by atoms with E-state index < -0.39 is 8.56 Å². The molecule has 0 amide bonds. The van der Waals surface area contributed by atoms with Crippen LogP contribution in [-0.2, 0) is 13.6 Å². The number of hydrogen-bond acceptors (Lipinski definition) is 3. The van der Waals surface area contributed by atoms with Crippen LogP contribution in [0.4, 0.5) is 0 Å². The molecule has 3 nitrogen and oxygen atoms in total. The Labute approximate surface area is 80.6 Å². The molecule has 13 heavy (non-hydrogen) atoms. The lowest BCUT2D eigenvalue weighted by molar-refractivity contribution is 0.209. The first kappa shape index (κ1) is 9.64. The lowest BCUT2D eigenvalue weighted by Crippen LogP contribution is -2.35. The second-order valence-electron chi connectivity index (χ2n) is 4.27. The summed E-state index contributed by atoms with van der Waals surface area (Å²) in [6, 6.07) is 1.08. The molecule has 1 heterocycles. The van der Waals surface area contributed by atoms with Gasteiger partial charge >= 0.3 is 8.56 Å². The largest absolute Gasteiger partial charge is 0.398 e. The van der Waals surface area contributed by atoms with Crippen LogP contribution in [0.15, 0.2) is 0 Å². The highest BCUT2D eigenvalue weighted by molar-refractivity contribution is 6.65. The van der Waals surface area contributed by atoms with Crippen molar-refractivity contribution in [3.05, 3.63) is 0 Å². The van der Waals surface area contributed by atoms with Gasteiger partial charge in [-0.2, -0.15) is 0 Å². The SMILES string of the molecule is CO[Si](C)(CCCC12CC1O2)OC. The molecular formula is C9H18O3Si. The van der Waals surface area contributed by atoms with E-state index in [0.717, 1.165) is 6.04 Å². The molecular weight excluding hydrogens is 184 g/mol. The van der Waals surface area contributed by atoms with Crippen molar-refractivity contribution in [1.29, 1.82) is 0 Å². The summed E-state index contributed by atoms with van der Waals surface area (Å²) in [5.74, 6) is 0. The summed E-state index contributed by atoms with van der Waals surface area (Å²) in [6.07, 6.45) is 4.31. The number of rotatable bonds is 6. The van der Waals surface area contributed by atoms with Crippen LogP contribution in [0.25, 0.3) is 0 Å². The van der Waals surface area contributed by atoms with E-state index in [1.807, 2.05) is 0 Å². The molecule has 76 valence electrons. The predicted molar refractivity (Wildman–Crippen MR) is 51.9 cm³/mol. The summed E-state index contributed by atoms with van der Waals surface area (Å²) in [5.41, 5.74) is 0.344. The highest BCUT2D eigenvalue weighted by Crippen LogP contribution is 2.62. The molecule has 0 spiro atoms. The van der Waals surface area contributed by atoms with Gasteiger partial charge < -0.3 is 13.6 Å². The Morgan fingerprint density at radius 1 is 1.46 bits per heavy atom. The van der Waals surface area contributed by atoms with Crippen molar-refractivity contribution in [3.63, 3.8) is 0 Å². The van der Waals surface area contributed by atoms with E-state index in [2.05, 4.69) is 6.55 Å². The third kappa shape index (κ3) is 1.81.